The summed E-state index contributed by atoms with van der Waals surface area (Å²) in [7, 11) is 0. The van der Waals surface area contributed by atoms with Crippen LogP contribution in [0.5, 0.6) is 0 Å². The average molecular weight is 409 g/mol. The number of halogens is 4. The van der Waals surface area contributed by atoms with Gasteiger partial charge in [-0.15, -0.1) is 0 Å². The summed E-state index contributed by atoms with van der Waals surface area (Å²) in [5.74, 6) is -2.39. The zero-order chi connectivity index (χ0) is 20.6. The first kappa shape index (κ1) is 19.8. The largest absolute Gasteiger partial charge is 0.437 e. The molecule has 0 atom stereocenters. The Morgan fingerprint density at radius 3 is 2.28 bits per heavy atom. The van der Waals surface area contributed by atoms with E-state index in [0.717, 1.165) is 23.2 Å². The number of likely N-dealkylation sites (tertiary alicyclic amines) is 1. The molecular weight excluding hydrogens is 390 g/mol. The number of ether oxygens (including phenoxy) is 1. The fraction of sp³-hybridized carbons (Fsp3) is 0.400. The number of piperidine rings is 1. The molecule has 9 heteroatoms. The van der Waals surface area contributed by atoms with Crippen molar-refractivity contribution >= 4 is 11.6 Å². The minimum absolute atomic E-state index is 0.0320. The third-order valence-corrected chi connectivity index (χ3v) is 5.36. The summed E-state index contributed by atoms with van der Waals surface area (Å²) in [4.78, 5) is 19.2. The van der Waals surface area contributed by atoms with Crippen molar-refractivity contribution in [3.8, 4) is 0 Å². The van der Waals surface area contributed by atoms with Gasteiger partial charge >= 0.3 is 12.0 Å². The SMILES string of the molecule is O=C1N(c2ccc(F)cc2)CC2(CCN(Cc3ccc(F)cn3)CC2)OC1(F)F. The van der Waals surface area contributed by atoms with Crippen molar-refractivity contribution in [3.05, 3.63) is 59.9 Å². The molecule has 0 unspecified atom stereocenters. The fourth-order valence-electron chi connectivity index (χ4n) is 3.80. The van der Waals surface area contributed by atoms with Crippen LogP contribution in [0.15, 0.2) is 42.6 Å². The second-order valence-electron chi connectivity index (χ2n) is 7.41. The van der Waals surface area contributed by atoms with Crippen LogP contribution in [0, 0.1) is 11.6 Å². The van der Waals surface area contributed by atoms with E-state index in [4.69, 9.17) is 4.74 Å². The van der Waals surface area contributed by atoms with Gasteiger partial charge in [0.1, 0.15) is 11.6 Å². The van der Waals surface area contributed by atoms with Crippen LogP contribution in [0.1, 0.15) is 18.5 Å². The average Bonchev–Trinajstić information content (AvgIpc) is 2.69. The number of morpholine rings is 1. The number of pyridine rings is 1. The number of rotatable bonds is 3. The third kappa shape index (κ3) is 4.11. The maximum atomic E-state index is 14.4. The van der Waals surface area contributed by atoms with E-state index in [1.807, 2.05) is 4.90 Å². The van der Waals surface area contributed by atoms with Gasteiger partial charge in [0.2, 0.25) is 0 Å². The molecule has 0 N–H and O–H groups in total. The van der Waals surface area contributed by atoms with Gasteiger partial charge in [-0.25, -0.2) is 8.78 Å². The molecular formula is C20H19F4N3O2. The monoisotopic (exact) mass is 409 g/mol. The van der Waals surface area contributed by atoms with Gasteiger partial charge in [0.15, 0.2) is 0 Å². The van der Waals surface area contributed by atoms with Gasteiger partial charge in [-0.3, -0.25) is 14.7 Å². The third-order valence-electron chi connectivity index (χ3n) is 5.36. The molecule has 1 aromatic carbocycles. The molecule has 1 amide bonds. The summed E-state index contributed by atoms with van der Waals surface area (Å²) in [6.07, 6.45) is -2.24. The lowest BCUT2D eigenvalue weighted by Crippen LogP contribution is -2.64. The van der Waals surface area contributed by atoms with Crippen molar-refractivity contribution in [2.75, 3.05) is 24.5 Å². The van der Waals surface area contributed by atoms with Crippen LogP contribution < -0.4 is 4.90 Å². The zero-order valence-corrected chi connectivity index (χ0v) is 15.5. The molecule has 1 spiro atoms. The van der Waals surface area contributed by atoms with Crippen LogP contribution in [0.2, 0.25) is 0 Å². The number of anilines is 1. The minimum Gasteiger partial charge on any atom is -0.304 e. The second kappa shape index (κ2) is 7.38. The Balaban J connectivity index is 1.48. The van der Waals surface area contributed by atoms with Crippen LogP contribution in [0.4, 0.5) is 23.2 Å². The van der Waals surface area contributed by atoms with Gasteiger partial charge in [-0.1, -0.05) is 0 Å². The minimum atomic E-state index is -3.95. The molecule has 2 fully saturated rings. The predicted octanol–water partition coefficient (Wildman–Crippen LogP) is 3.35. The molecule has 2 aromatic rings. The number of hydrogen-bond donors (Lipinski definition) is 0. The number of nitrogens with zero attached hydrogens (tertiary/aromatic N) is 3. The van der Waals surface area contributed by atoms with Crippen LogP contribution >= 0.6 is 0 Å². The molecule has 154 valence electrons. The standard InChI is InChI=1S/C20H19F4N3O2/c21-14-2-5-17(6-3-14)27-13-19(29-20(23,24)18(27)28)7-9-26(10-8-19)12-16-4-1-15(22)11-25-16/h1-6,11H,7-10,12-13H2. The van der Waals surface area contributed by atoms with Gasteiger partial charge in [0, 0.05) is 25.3 Å². The van der Waals surface area contributed by atoms with E-state index in [0.29, 0.717) is 25.3 Å². The van der Waals surface area contributed by atoms with E-state index < -0.39 is 29.3 Å². The molecule has 5 nitrogen and oxygen atoms in total. The highest BCUT2D eigenvalue weighted by Crippen LogP contribution is 2.40. The summed E-state index contributed by atoms with van der Waals surface area (Å²) < 4.78 is 59.9. The summed E-state index contributed by atoms with van der Waals surface area (Å²) in [5, 5.41) is 0. The molecule has 2 aliphatic rings. The first-order valence-electron chi connectivity index (χ1n) is 9.25. The summed E-state index contributed by atoms with van der Waals surface area (Å²) in [6.45, 7) is 1.35. The van der Waals surface area contributed by atoms with Crippen molar-refractivity contribution in [1.82, 2.24) is 9.88 Å². The topological polar surface area (TPSA) is 45.7 Å². The van der Waals surface area contributed by atoms with E-state index in [1.54, 1.807) is 6.07 Å². The van der Waals surface area contributed by atoms with E-state index in [9.17, 15) is 22.4 Å². The fourth-order valence-corrected chi connectivity index (χ4v) is 3.80. The van der Waals surface area contributed by atoms with Crippen molar-refractivity contribution < 1.29 is 27.1 Å². The lowest BCUT2D eigenvalue weighted by Gasteiger charge is -2.48. The van der Waals surface area contributed by atoms with Gasteiger partial charge in [0.25, 0.3) is 0 Å². The van der Waals surface area contributed by atoms with Gasteiger partial charge in [-0.2, -0.15) is 8.78 Å². The Hall–Kier alpha value is -2.52. The first-order chi connectivity index (χ1) is 13.8. The van der Waals surface area contributed by atoms with Crippen molar-refractivity contribution in [2.45, 2.75) is 31.1 Å². The van der Waals surface area contributed by atoms with Gasteiger partial charge in [0.05, 0.1) is 24.0 Å². The van der Waals surface area contributed by atoms with Gasteiger partial charge < -0.3 is 9.64 Å². The van der Waals surface area contributed by atoms with Gasteiger partial charge in [-0.05, 0) is 49.2 Å². The number of carbonyl (C=O) groups is 1. The number of carbonyl (C=O) groups excluding carboxylic acids is 1. The quantitative estimate of drug-likeness (QED) is 0.730. The maximum absolute atomic E-state index is 14.4. The highest BCUT2D eigenvalue weighted by molar-refractivity contribution is 5.98. The number of amides is 1. The summed E-state index contributed by atoms with van der Waals surface area (Å²) in [5.41, 5.74) is -0.310. The number of alkyl halides is 2. The summed E-state index contributed by atoms with van der Waals surface area (Å²) >= 11 is 0. The molecule has 4 rings (SSSR count). The van der Waals surface area contributed by atoms with E-state index in [1.165, 1.54) is 18.2 Å². The van der Waals surface area contributed by atoms with Crippen LogP contribution in [-0.2, 0) is 16.1 Å². The van der Waals surface area contributed by atoms with E-state index in [2.05, 4.69) is 4.98 Å². The number of aromatic nitrogens is 1. The first-order valence-corrected chi connectivity index (χ1v) is 9.25. The van der Waals surface area contributed by atoms with Crippen molar-refractivity contribution in [3.63, 3.8) is 0 Å². The van der Waals surface area contributed by atoms with Crippen LogP contribution in [0.25, 0.3) is 0 Å². The molecule has 0 saturated carbocycles. The van der Waals surface area contributed by atoms with Crippen LogP contribution in [0.3, 0.4) is 0 Å². The molecule has 2 aliphatic heterocycles. The zero-order valence-electron chi connectivity index (χ0n) is 15.5. The Kier molecular flexibility index (Phi) is 5.04. The highest BCUT2D eigenvalue weighted by atomic mass is 19.3. The molecule has 0 bridgehead atoms. The molecule has 1 aromatic heterocycles. The van der Waals surface area contributed by atoms with Crippen molar-refractivity contribution in [2.24, 2.45) is 0 Å². The highest BCUT2D eigenvalue weighted by Gasteiger charge is 2.57. The molecule has 29 heavy (non-hydrogen) atoms. The normalized spacial score (nSPS) is 21.5. The molecule has 3 heterocycles. The number of benzene rings is 1. The van der Waals surface area contributed by atoms with Crippen molar-refractivity contribution in [1.29, 1.82) is 0 Å². The lowest BCUT2D eigenvalue weighted by molar-refractivity contribution is -0.293. The summed E-state index contributed by atoms with van der Waals surface area (Å²) in [6, 6.07) is 7.77. The predicted molar refractivity (Wildman–Crippen MR) is 96.2 cm³/mol. The van der Waals surface area contributed by atoms with Crippen LogP contribution in [-0.4, -0.2) is 47.1 Å². The Morgan fingerprint density at radius 1 is 1.00 bits per heavy atom. The molecule has 0 aliphatic carbocycles. The molecule has 0 radical (unpaired) electrons. The smallest absolute Gasteiger partial charge is 0.304 e. The Labute approximate surface area is 164 Å². The molecule has 2 saturated heterocycles. The Bertz CT molecular complexity index is 882. The lowest BCUT2D eigenvalue weighted by atomic mass is 9.88. The number of hydrogen-bond acceptors (Lipinski definition) is 4. The van der Waals surface area contributed by atoms with E-state index >= 15 is 0 Å². The Morgan fingerprint density at radius 2 is 1.66 bits per heavy atom. The second-order valence-corrected chi connectivity index (χ2v) is 7.41. The van der Waals surface area contributed by atoms with E-state index in [-0.39, 0.29) is 25.1 Å². The maximum Gasteiger partial charge on any atom is 0.437 e.